The molecule has 9 heteroatoms. The van der Waals surface area contributed by atoms with Gasteiger partial charge in [0.15, 0.2) is 0 Å². The molecular formula is C29H37N5O4. The van der Waals surface area contributed by atoms with Gasteiger partial charge in [-0.05, 0) is 69.8 Å². The summed E-state index contributed by atoms with van der Waals surface area (Å²) >= 11 is 0. The molecule has 2 fully saturated rings. The molecule has 2 aromatic carbocycles. The van der Waals surface area contributed by atoms with E-state index in [4.69, 9.17) is 9.15 Å². The summed E-state index contributed by atoms with van der Waals surface area (Å²) in [4.78, 5) is 33.8. The van der Waals surface area contributed by atoms with Crippen molar-refractivity contribution in [3.63, 3.8) is 0 Å². The summed E-state index contributed by atoms with van der Waals surface area (Å²) in [6, 6.07) is 12.9. The third-order valence-corrected chi connectivity index (χ3v) is 8.03. The number of carbonyl (C=O) groups is 2. The van der Waals surface area contributed by atoms with E-state index in [2.05, 4.69) is 53.0 Å². The van der Waals surface area contributed by atoms with Crippen LogP contribution in [0.3, 0.4) is 0 Å². The van der Waals surface area contributed by atoms with Crippen LogP contribution in [-0.2, 0) is 4.74 Å². The lowest BCUT2D eigenvalue weighted by Gasteiger charge is -2.43. The Morgan fingerprint density at radius 2 is 1.68 bits per heavy atom. The number of furan rings is 1. The number of anilines is 3. The molecule has 2 amide bonds. The van der Waals surface area contributed by atoms with E-state index in [1.54, 1.807) is 11.2 Å². The average Bonchev–Trinajstić information content (AvgIpc) is 3.35. The van der Waals surface area contributed by atoms with Crippen molar-refractivity contribution < 1.29 is 18.7 Å². The first-order chi connectivity index (χ1) is 18.2. The van der Waals surface area contributed by atoms with E-state index in [1.807, 2.05) is 31.2 Å². The lowest BCUT2D eigenvalue weighted by atomic mass is 10.1. The van der Waals surface area contributed by atoms with Crippen LogP contribution < -0.4 is 15.1 Å². The Morgan fingerprint density at radius 3 is 2.34 bits per heavy atom. The van der Waals surface area contributed by atoms with Crippen LogP contribution in [0, 0.1) is 6.92 Å². The molecule has 2 aliphatic rings. The molecule has 3 heterocycles. The normalized spacial score (nSPS) is 20.6. The minimum absolute atomic E-state index is 0.195. The van der Waals surface area contributed by atoms with Gasteiger partial charge in [-0.2, -0.15) is 0 Å². The van der Waals surface area contributed by atoms with Crippen molar-refractivity contribution in [2.24, 2.45) is 0 Å². The number of carbonyl (C=O) groups excluding carboxylic acids is 2. The number of aryl methyl sites for hydroxylation is 1. The van der Waals surface area contributed by atoms with E-state index < -0.39 is 0 Å². The predicted molar refractivity (Wildman–Crippen MR) is 150 cm³/mol. The van der Waals surface area contributed by atoms with Gasteiger partial charge in [0.1, 0.15) is 11.8 Å². The summed E-state index contributed by atoms with van der Waals surface area (Å²) in [7, 11) is 3.58. The van der Waals surface area contributed by atoms with Crippen LogP contribution >= 0.6 is 0 Å². The fourth-order valence-corrected chi connectivity index (χ4v) is 5.55. The molecule has 0 saturated carbocycles. The fourth-order valence-electron chi connectivity index (χ4n) is 5.55. The quantitative estimate of drug-likeness (QED) is 0.547. The van der Waals surface area contributed by atoms with Gasteiger partial charge in [-0.25, -0.2) is 4.79 Å². The number of amides is 2. The third kappa shape index (κ3) is 5.03. The largest absolute Gasteiger partial charge is 0.463 e. The average molecular weight is 520 g/mol. The van der Waals surface area contributed by atoms with E-state index >= 15 is 0 Å². The van der Waals surface area contributed by atoms with Gasteiger partial charge in [0, 0.05) is 73.8 Å². The first-order valence-electron chi connectivity index (χ1n) is 13.2. The number of ether oxygens (including phenoxy) is 1. The molecule has 0 radical (unpaired) electrons. The lowest BCUT2D eigenvalue weighted by molar-refractivity contribution is 0.102. The maximum absolute atomic E-state index is 13.3. The van der Waals surface area contributed by atoms with Crippen molar-refractivity contribution in [1.29, 1.82) is 0 Å². The first-order valence-corrected chi connectivity index (χ1v) is 13.2. The molecule has 38 heavy (non-hydrogen) atoms. The van der Waals surface area contributed by atoms with E-state index in [0.29, 0.717) is 36.3 Å². The standard InChI is InChI=1S/C29H37N5O4/c1-19-14-22(6-8-26(19)32-10-12-33(13-11-32)29(36)37-5)30-28(35)25-18-38-27-9-7-23(15-24(25)27)34-16-20(2)31(4)21(3)17-34/h6-9,14-15,18,20-21H,10-13,16-17H2,1-5H3,(H,30,35)/t20-,21+. The molecule has 202 valence electrons. The Morgan fingerprint density at radius 1 is 0.974 bits per heavy atom. The van der Waals surface area contributed by atoms with Gasteiger partial charge in [0.25, 0.3) is 5.91 Å². The number of fused-ring (bicyclic) bond motifs is 1. The number of methoxy groups -OCH3 is 1. The van der Waals surface area contributed by atoms with Crippen molar-refractivity contribution in [3.05, 3.63) is 53.8 Å². The molecule has 0 unspecified atom stereocenters. The van der Waals surface area contributed by atoms with Crippen LogP contribution in [0.25, 0.3) is 11.0 Å². The lowest BCUT2D eigenvalue weighted by Crippen LogP contribution is -2.55. The van der Waals surface area contributed by atoms with Crippen LogP contribution in [-0.4, -0.2) is 87.3 Å². The second kappa shape index (κ2) is 10.6. The number of rotatable bonds is 4. The number of nitrogens with zero attached hydrogens (tertiary/aromatic N) is 4. The van der Waals surface area contributed by atoms with Crippen LogP contribution in [0.5, 0.6) is 0 Å². The Bertz CT molecular complexity index is 1320. The van der Waals surface area contributed by atoms with Gasteiger partial charge in [0.2, 0.25) is 0 Å². The van der Waals surface area contributed by atoms with Crippen LogP contribution in [0.1, 0.15) is 29.8 Å². The van der Waals surface area contributed by atoms with Crippen molar-refractivity contribution in [2.45, 2.75) is 32.9 Å². The number of hydrogen-bond donors (Lipinski definition) is 1. The maximum Gasteiger partial charge on any atom is 0.409 e. The predicted octanol–water partition coefficient (Wildman–Crippen LogP) is 4.41. The second-order valence-corrected chi connectivity index (χ2v) is 10.5. The van der Waals surface area contributed by atoms with E-state index in [0.717, 1.165) is 54.2 Å². The summed E-state index contributed by atoms with van der Waals surface area (Å²) in [6.45, 7) is 11.1. The van der Waals surface area contributed by atoms with Crippen molar-refractivity contribution in [1.82, 2.24) is 9.80 Å². The highest BCUT2D eigenvalue weighted by atomic mass is 16.5. The number of hydrogen-bond acceptors (Lipinski definition) is 7. The molecule has 2 aliphatic heterocycles. The first kappa shape index (κ1) is 25.9. The summed E-state index contributed by atoms with van der Waals surface area (Å²) < 4.78 is 10.6. The maximum atomic E-state index is 13.3. The van der Waals surface area contributed by atoms with Gasteiger partial charge in [-0.15, -0.1) is 0 Å². The van der Waals surface area contributed by atoms with Crippen molar-refractivity contribution in [3.8, 4) is 0 Å². The fraction of sp³-hybridized carbons (Fsp3) is 0.448. The van der Waals surface area contributed by atoms with Crippen molar-refractivity contribution in [2.75, 3.05) is 68.5 Å². The van der Waals surface area contributed by atoms with E-state index in [9.17, 15) is 9.59 Å². The Kier molecular flexibility index (Phi) is 7.21. The summed E-state index contributed by atoms with van der Waals surface area (Å²) in [5, 5.41) is 3.86. The molecule has 0 spiro atoms. The Labute approximate surface area is 223 Å². The Hall–Kier alpha value is -3.72. The van der Waals surface area contributed by atoms with Crippen LogP contribution in [0.4, 0.5) is 21.9 Å². The highest BCUT2D eigenvalue weighted by molar-refractivity contribution is 6.12. The van der Waals surface area contributed by atoms with Crippen molar-refractivity contribution >= 4 is 40.0 Å². The SMILES string of the molecule is COC(=O)N1CCN(c2ccc(NC(=O)c3coc4ccc(N5C[C@@H](C)N(C)[C@@H](C)C5)cc34)cc2C)CC1. The second-order valence-electron chi connectivity index (χ2n) is 10.5. The van der Waals surface area contributed by atoms with Gasteiger partial charge < -0.3 is 29.2 Å². The molecule has 0 aliphatic carbocycles. The third-order valence-electron chi connectivity index (χ3n) is 8.03. The van der Waals surface area contributed by atoms with E-state index in [-0.39, 0.29) is 12.0 Å². The zero-order valence-electron chi connectivity index (χ0n) is 22.9. The molecule has 9 nitrogen and oxygen atoms in total. The molecule has 3 aromatic rings. The van der Waals surface area contributed by atoms with Crippen LogP contribution in [0.2, 0.25) is 0 Å². The summed E-state index contributed by atoms with van der Waals surface area (Å²) in [5.74, 6) is -0.195. The highest BCUT2D eigenvalue weighted by Crippen LogP contribution is 2.30. The van der Waals surface area contributed by atoms with Gasteiger partial charge in [-0.1, -0.05) is 0 Å². The van der Waals surface area contributed by atoms with Gasteiger partial charge in [0.05, 0.1) is 12.7 Å². The zero-order chi connectivity index (χ0) is 27.0. The molecule has 2 atom stereocenters. The minimum Gasteiger partial charge on any atom is -0.463 e. The van der Waals surface area contributed by atoms with Gasteiger partial charge in [-0.3, -0.25) is 9.69 Å². The minimum atomic E-state index is -0.286. The number of piperazine rings is 2. The monoisotopic (exact) mass is 519 g/mol. The van der Waals surface area contributed by atoms with Crippen LogP contribution in [0.15, 0.2) is 47.1 Å². The van der Waals surface area contributed by atoms with E-state index in [1.165, 1.54) is 7.11 Å². The van der Waals surface area contributed by atoms with Gasteiger partial charge >= 0.3 is 6.09 Å². The topological polar surface area (TPSA) is 81.5 Å². The summed E-state index contributed by atoms with van der Waals surface area (Å²) in [5.41, 5.74) is 5.22. The molecule has 1 aromatic heterocycles. The smallest absolute Gasteiger partial charge is 0.409 e. The Balaban J connectivity index is 1.29. The molecule has 5 rings (SSSR count). The zero-order valence-corrected chi connectivity index (χ0v) is 22.9. The number of nitrogens with one attached hydrogen (secondary N) is 1. The molecule has 2 saturated heterocycles. The molecule has 0 bridgehead atoms. The number of likely N-dealkylation sites (N-methyl/N-ethyl adjacent to an activating group) is 1. The molecule has 1 N–H and O–H groups in total. The number of benzene rings is 2. The summed E-state index contributed by atoms with van der Waals surface area (Å²) in [6.07, 6.45) is 1.26. The molecular weight excluding hydrogens is 482 g/mol. The highest BCUT2D eigenvalue weighted by Gasteiger charge is 2.27.